The van der Waals surface area contributed by atoms with Crippen LogP contribution in [0.4, 0.5) is 0 Å². The summed E-state index contributed by atoms with van der Waals surface area (Å²) in [5.41, 5.74) is 2.81. The van der Waals surface area contributed by atoms with Crippen LogP contribution < -0.4 is 0 Å². The van der Waals surface area contributed by atoms with Gasteiger partial charge in [-0.2, -0.15) is 0 Å². The van der Waals surface area contributed by atoms with Crippen molar-refractivity contribution in [2.45, 2.75) is 37.0 Å². The fourth-order valence-electron chi connectivity index (χ4n) is 6.63. The van der Waals surface area contributed by atoms with Gasteiger partial charge < -0.3 is 14.7 Å². The number of hydrogen-bond donors (Lipinski definition) is 1. The number of carbonyl (C=O) groups is 1. The lowest BCUT2D eigenvalue weighted by Gasteiger charge is -2.58. The normalized spacial score (nSPS) is 35.1. The quantitative estimate of drug-likeness (QED) is 0.815. The first kappa shape index (κ1) is 18.6. The molecule has 1 fully saturated rings. The average molecular weight is 389 g/mol. The van der Waals surface area contributed by atoms with E-state index in [1.165, 1.54) is 11.1 Å². The second kappa shape index (κ2) is 6.04. The van der Waals surface area contributed by atoms with Crippen LogP contribution in [0.25, 0.3) is 0 Å². The Balaban J connectivity index is 1.91. The van der Waals surface area contributed by atoms with Gasteiger partial charge in [0.2, 0.25) is 5.91 Å². The molecule has 0 spiro atoms. The Hall–Kier alpha value is -2.43. The summed E-state index contributed by atoms with van der Waals surface area (Å²) in [6, 6.07) is 16.8. The van der Waals surface area contributed by atoms with Crippen LogP contribution >= 0.6 is 0 Å². The van der Waals surface area contributed by atoms with E-state index in [-0.39, 0.29) is 29.8 Å². The van der Waals surface area contributed by atoms with Gasteiger partial charge in [0.25, 0.3) is 0 Å². The molecule has 2 aromatic carbocycles. The van der Waals surface area contributed by atoms with Crippen LogP contribution in [0.15, 0.2) is 61.2 Å². The first-order chi connectivity index (χ1) is 13.9. The number of hydrogen-bond acceptors (Lipinski definition) is 3. The Labute approximate surface area is 171 Å². The third kappa shape index (κ3) is 1.99. The molecule has 29 heavy (non-hydrogen) atoms. The van der Waals surface area contributed by atoms with Gasteiger partial charge in [-0.05, 0) is 36.1 Å². The smallest absolute Gasteiger partial charge is 0.230 e. The summed E-state index contributed by atoms with van der Waals surface area (Å²) in [4.78, 5) is 15.5. The summed E-state index contributed by atoms with van der Waals surface area (Å²) < 4.78 is 5.97. The number of aliphatic hydroxyl groups is 1. The summed E-state index contributed by atoms with van der Waals surface area (Å²) in [6.07, 6.45) is 1.46. The van der Waals surface area contributed by atoms with Gasteiger partial charge >= 0.3 is 0 Å². The Bertz CT molecular complexity index is 963. The zero-order chi connectivity index (χ0) is 20.6. The van der Waals surface area contributed by atoms with Gasteiger partial charge in [0.15, 0.2) is 0 Å². The van der Waals surface area contributed by atoms with E-state index in [0.717, 1.165) is 11.1 Å². The molecule has 4 aliphatic rings. The van der Waals surface area contributed by atoms with Crippen molar-refractivity contribution < 1.29 is 14.6 Å². The lowest BCUT2D eigenvalue weighted by molar-refractivity contribution is -0.145. The molecule has 0 radical (unpaired) electrons. The molecule has 1 aliphatic heterocycles. The predicted octanol–water partition coefficient (Wildman–Crippen LogP) is 3.44. The third-order valence-electron chi connectivity index (χ3n) is 7.71. The fraction of sp³-hybridized carbons (Fsp3) is 0.400. The number of likely N-dealkylation sites (tertiary alicyclic amines) is 1. The SMILES string of the molecule is C=CCN1C(=O)[C@@H]2[C@@H](C3c4ccccc4C2([C@@H](C)OC)c2ccccc23)[C@@]1(C)O. The van der Waals surface area contributed by atoms with E-state index < -0.39 is 11.1 Å². The lowest BCUT2D eigenvalue weighted by Crippen LogP contribution is -2.60. The van der Waals surface area contributed by atoms with Crippen LogP contribution in [0.5, 0.6) is 0 Å². The highest BCUT2D eigenvalue weighted by atomic mass is 16.5. The number of rotatable bonds is 4. The largest absolute Gasteiger partial charge is 0.380 e. The van der Waals surface area contributed by atoms with E-state index in [9.17, 15) is 9.90 Å². The average Bonchev–Trinajstić information content (AvgIpc) is 2.94. The van der Waals surface area contributed by atoms with Crippen molar-refractivity contribution in [2.24, 2.45) is 11.8 Å². The van der Waals surface area contributed by atoms with Crippen molar-refractivity contribution in [2.75, 3.05) is 13.7 Å². The summed E-state index contributed by atoms with van der Waals surface area (Å²) in [5.74, 6) is -0.690. The van der Waals surface area contributed by atoms with Gasteiger partial charge in [-0.3, -0.25) is 4.79 Å². The van der Waals surface area contributed by atoms with E-state index in [1.807, 2.05) is 12.1 Å². The summed E-state index contributed by atoms with van der Waals surface area (Å²) in [7, 11) is 1.71. The minimum absolute atomic E-state index is 0.0159. The molecular weight excluding hydrogens is 362 g/mol. The zero-order valence-corrected chi connectivity index (χ0v) is 17.1. The molecule has 1 N–H and O–H groups in total. The Morgan fingerprint density at radius 1 is 1.17 bits per heavy atom. The number of carbonyl (C=O) groups excluding carboxylic acids is 1. The molecule has 4 heteroatoms. The highest BCUT2D eigenvalue weighted by Crippen LogP contribution is 2.68. The van der Waals surface area contributed by atoms with Gasteiger partial charge in [-0.15, -0.1) is 6.58 Å². The number of nitrogens with zero attached hydrogens (tertiary/aromatic N) is 1. The maximum absolute atomic E-state index is 13.8. The highest BCUT2D eigenvalue weighted by molar-refractivity contribution is 5.88. The zero-order valence-electron chi connectivity index (χ0n) is 17.1. The molecule has 2 bridgehead atoms. The highest BCUT2D eigenvalue weighted by Gasteiger charge is 2.72. The standard InChI is InChI=1S/C25H27NO3/c1-5-14-26-23(27)22-21(24(26,3)28)20-16-10-6-8-12-18(16)25(22,15(2)29-4)19-13-9-7-11-17(19)20/h5-13,15,20-22,28H,1,14H2,2-4H3/t15-,20?,21-,22+,24-,25?/m1/s1. The molecule has 1 heterocycles. The first-order valence-corrected chi connectivity index (χ1v) is 10.3. The molecule has 0 aromatic heterocycles. The monoisotopic (exact) mass is 389 g/mol. The Morgan fingerprint density at radius 2 is 1.72 bits per heavy atom. The number of methoxy groups -OCH3 is 1. The van der Waals surface area contributed by atoms with Crippen molar-refractivity contribution in [3.63, 3.8) is 0 Å². The lowest BCUT2D eigenvalue weighted by atomic mass is 9.45. The van der Waals surface area contributed by atoms with Crippen LogP contribution in [0.2, 0.25) is 0 Å². The molecule has 0 unspecified atom stereocenters. The molecule has 4 atom stereocenters. The molecule has 150 valence electrons. The topological polar surface area (TPSA) is 49.8 Å². The number of amides is 1. The second-order valence-electron chi connectivity index (χ2n) is 8.73. The van der Waals surface area contributed by atoms with Crippen LogP contribution in [0.3, 0.4) is 0 Å². The van der Waals surface area contributed by atoms with Gasteiger partial charge in [0, 0.05) is 25.5 Å². The predicted molar refractivity (Wildman–Crippen MR) is 111 cm³/mol. The van der Waals surface area contributed by atoms with E-state index in [4.69, 9.17) is 4.74 Å². The molecule has 3 aliphatic carbocycles. The Kier molecular flexibility index (Phi) is 3.87. The number of benzene rings is 2. The molecule has 2 aromatic rings. The van der Waals surface area contributed by atoms with Gasteiger partial charge in [-0.1, -0.05) is 54.6 Å². The van der Waals surface area contributed by atoms with E-state index in [0.29, 0.717) is 6.54 Å². The van der Waals surface area contributed by atoms with Crippen molar-refractivity contribution in [3.8, 4) is 0 Å². The summed E-state index contributed by atoms with van der Waals surface area (Å²) in [6.45, 7) is 7.98. The summed E-state index contributed by atoms with van der Waals surface area (Å²) in [5, 5.41) is 11.7. The van der Waals surface area contributed by atoms with Crippen molar-refractivity contribution >= 4 is 5.91 Å². The minimum Gasteiger partial charge on any atom is -0.380 e. The molecule has 1 amide bonds. The van der Waals surface area contributed by atoms with E-state index >= 15 is 0 Å². The molecular formula is C25H27NO3. The van der Waals surface area contributed by atoms with Gasteiger partial charge in [0.1, 0.15) is 5.72 Å². The molecule has 1 saturated heterocycles. The minimum atomic E-state index is -1.26. The van der Waals surface area contributed by atoms with Crippen molar-refractivity contribution in [1.82, 2.24) is 4.90 Å². The van der Waals surface area contributed by atoms with Crippen LogP contribution in [-0.4, -0.2) is 41.4 Å². The van der Waals surface area contributed by atoms with Crippen LogP contribution in [-0.2, 0) is 14.9 Å². The fourth-order valence-corrected chi connectivity index (χ4v) is 6.63. The first-order valence-electron chi connectivity index (χ1n) is 10.3. The molecule has 6 rings (SSSR count). The maximum atomic E-state index is 13.8. The summed E-state index contributed by atoms with van der Waals surface area (Å²) >= 11 is 0. The second-order valence-corrected chi connectivity index (χ2v) is 8.73. The van der Waals surface area contributed by atoms with Gasteiger partial charge in [0.05, 0.1) is 17.4 Å². The maximum Gasteiger partial charge on any atom is 0.230 e. The van der Waals surface area contributed by atoms with Crippen molar-refractivity contribution in [1.29, 1.82) is 0 Å². The van der Waals surface area contributed by atoms with Crippen LogP contribution in [0, 0.1) is 11.8 Å². The van der Waals surface area contributed by atoms with Gasteiger partial charge in [-0.25, -0.2) is 0 Å². The number of ether oxygens (including phenoxy) is 1. The van der Waals surface area contributed by atoms with E-state index in [2.05, 4.69) is 49.9 Å². The third-order valence-corrected chi connectivity index (χ3v) is 7.71. The van der Waals surface area contributed by atoms with Crippen LogP contribution in [0.1, 0.15) is 42.0 Å². The Morgan fingerprint density at radius 3 is 2.24 bits per heavy atom. The molecule has 4 nitrogen and oxygen atoms in total. The van der Waals surface area contributed by atoms with E-state index in [1.54, 1.807) is 25.0 Å². The van der Waals surface area contributed by atoms with Crippen molar-refractivity contribution in [3.05, 3.63) is 83.4 Å². The molecule has 0 saturated carbocycles.